The summed E-state index contributed by atoms with van der Waals surface area (Å²) >= 11 is 0. The fourth-order valence-corrected chi connectivity index (χ4v) is 12.9. The van der Waals surface area contributed by atoms with Gasteiger partial charge < -0.3 is 4.74 Å². The summed E-state index contributed by atoms with van der Waals surface area (Å²) in [7, 11) is 0. The van der Waals surface area contributed by atoms with Crippen molar-refractivity contribution in [1.29, 1.82) is 0 Å². The molecule has 0 spiro atoms. The number of ether oxygens (including phenoxy) is 1. The van der Waals surface area contributed by atoms with Crippen molar-refractivity contribution in [2.24, 2.45) is 50.7 Å². The van der Waals surface area contributed by atoms with Crippen LogP contribution in [-0.2, 0) is 23.1 Å². The lowest BCUT2D eigenvalue weighted by molar-refractivity contribution is -0.233. The van der Waals surface area contributed by atoms with E-state index >= 15 is 0 Å². The van der Waals surface area contributed by atoms with E-state index in [1.165, 1.54) is 75.6 Å². The zero-order valence-corrected chi connectivity index (χ0v) is 25.8. The number of unbranched alkanes of at least 4 members (excludes halogenated alkanes) is 1. The number of aromatic nitrogens is 3. The van der Waals surface area contributed by atoms with Crippen molar-refractivity contribution < 1.29 is 4.74 Å². The van der Waals surface area contributed by atoms with Crippen LogP contribution in [0.4, 0.5) is 0 Å². The Labute approximate surface area is 232 Å². The maximum Gasteiger partial charge on any atom is 0.0870 e. The number of hydrogen-bond acceptors (Lipinski definition) is 3. The average Bonchev–Trinajstić information content (AvgIpc) is 3.41. The lowest BCUT2D eigenvalue weighted by atomic mass is 9.31. The summed E-state index contributed by atoms with van der Waals surface area (Å²) in [6.45, 7) is 22.7. The van der Waals surface area contributed by atoms with Gasteiger partial charge in [0.05, 0.1) is 24.1 Å². The largest absolute Gasteiger partial charge is 0.377 e. The molecule has 6 aliphatic rings. The molecule has 212 valence electrons. The van der Waals surface area contributed by atoms with E-state index in [1.54, 1.807) is 0 Å². The monoisotopic (exact) mass is 521 g/mol. The standard InChI is InChI=1S/C34H55N3O/c1-9-10-19-37-27-23(35-36-37)20-31(6)24(30(27,4)5)13-14-33(8)25(31)12-11-22-26-28-29(2,3)15-17-34(26,21-38-28)18-16-32(22,33)7/h22,24-26,28H,9-21H2,1-8H3/t22-,24+,25-,26+,28-,31+,32-,33-,34-/m1/s1. The second-order valence-corrected chi connectivity index (χ2v) is 17.1. The molecule has 1 aromatic rings. The summed E-state index contributed by atoms with van der Waals surface area (Å²) in [6, 6.07) is 0. The van der Waals surface area contributed by atoms with Crippen molar-refractivity contribution >= 4 is 0 Å². The van der Waals surface area contributed by atoms with Crippen molar-refractivity contribution in [3.05, 3.63) is 11.4 Å². The molecule has 4 nitrogen and oxygen atoms in total. The Morgan fingerprint density at radius 3 is 2.39 bits per heavy atom. The second-order valence-electron chi connectivity index (χ2n) is 17.1. The van der Waals surface area contributed by atoms with Gasteiger partial charge >= 0.3 is 0 Å². The lowest BCUT2D eigenvalue weighted by Gasteiger charge is -2.72. The average molecular weight is 522 g/mol. The molecular formula is C34H55N3O. The normalized spacial score (nSPS) is 49.8. The molecule has 0 unspecified atom stereocenters. The van der Waals surface area contributed by atoms with E-state index in [0.29, 0.717) is 39.1 Å². The summed E-state index contributed by atoms with van der Waals surface area (Å²) in [4.78, 5) is 0. The van der Waals surface area contributed by atoms with Crippen LogP contribution in [-0.4, -0.2) is 27.7 Å². The maximum atomic E-state index is 6.78. The Bertz CT molecular complexity index is 1120. The molecule has 0 amide bonds. The number of rotatable bonds is 3. The maximum absolute atomic E-state index is 6.78. The Kier molecular flexibility index (Phi) is 5.40. The predicted molar refractivity (Wildman–Crippen MR) is 153 cm³/mol. The molecule has 5 aliphatic carbocycles. The number of nitrogens with zero attached hydrogens (tertiary/aromatic N) is 3. The molecule has 0 aromatic carbocycles. The third kappa shape index (κ3) is 2.98. The third-order valence-corrected chi connectivity index (χ3v) is 15.0. The summed E-state index contributed by atoms with van der Waals surface area (Å²) in [5.41, 5.74) is 4.86. The summed E-state index contributed by atoms with van der Waals surface area (Å²) in [5.74, 6) is 3.09. The van der Waals surface area contributed by atoms with E-state index in [0.717, 1.165) is 37.3 Å². The predicted octanol–water partition coefficient (Wildman–Crippen LogP) is 7.98. The smallest absolute Gasteiger partial charge is 0.0870 e. The third-order valence-electron chi connectivity index (χ3n) is 15.0. The molecule has 5 fully saturated rings. The summed E-state index contributed by atoms with van der Waals surface area (Å²) in [5, 5.41) is 9.65. The SMILES string of the molecule is CCCCn1nnc2c1C(C)(C)[C@@H]1CC[C@]3(C)[C@H](CC[C@@H]4[C@H]5[C@H]6OC[C@@]5(CCC6(C)C)CC[C@]43C)[C@@]1(C)C2. The van der Waals surface area contributed by atoms with Crippen LogP contribution in [0.3, 0.4) is 0 Å². The van der Waals surface area contributed by atoms with Crippen molar-refractivity contribution in [2.45, 2.75) is 144 Å². The van der Waals surface area contributed by atoms with E-state index in [2.05, 4.69) is 60.1 Å². The molecule has 1 aromatic heterocycles. The van der Waals surface area contributed by atoms with E-state index in [9.17, 15) is 0 Å². The molecule has 4 saturated carbocycles. The lowest BCUT2D eigenvalue weighted by Crippen LogP contribution is -2.67. The van der Waals surface area contributed by atoms with Crippen LogP contribution in [0.1, 0.15) is 131 Å². The Balaban J connectivity index is 1.27. The summed E-state index contributed by atoms with van der Waals surface area (Å²) in [6.07, 6.45) is 15.2. The molecule has 9 atom stereocenters. The van der Waals surface area contributed by atoms with Crippen LogP contribution in [0.15, 0.2) is 0 Å². The van der Waals surface area contributed by atoms with Crippen molar-refractivity contribution in [2.75, 3.05) is 6.61 Å². The Morgan fingerprint density at radius 2 is 1.63 bits per heavy atom. The zero-order chi connectivity index (χ0) is 26.9. The highest BCUT2D eigenvalue weighted by Crippen LogP contribution is 2.77. The summed E-state index contributed by atoms with van der Waals surface area (Å²) < 4.78 is 9.07. The van der Waals surface area contributed by atoms with Gasteiger partial charge in [-0.2, -0.15) is 0 Å². The van der Waals surface area contributed by atoms with Gasteiger partial charge in [0.25, 0.3) is 0 Å². The van der Waals surface area contributed by atoms with Gasteiger partial charge in [-0.1, -0.05) is 67.0 Å². The van der Waals surface area contributed by atoms with Gasteiger partial charge in [0.1, 0.15) is 0 Å². The van der Waals surface area contributed by atoms with Gasteiger partial charge in [-0.15, -0.1) is 5.10 Å². The van der Waals surface area contributed by atoms with Gasteiger partial charge in [0, 0.05) is 12.0 Å². The molecule has 1 aliphatic heterocycles. The van der Waals surface area contributed by atoms with E-state index in [1.807, 2.05) is 0 Å². The highest BCUT2D eigenvalue weighted by atomic mass is 16.5. The van der Waals surface area contributed by atoms with Crippen molar-refractivity contribution in [1.82, 2.24) is 15.0 Å². The molecule has 38 heavy (non-hydrogen) atoms. The fraction of sp³-hybridized carbons (Fsp3) is 0.941. The van der Waals surface area contributed by atoms with Gasteiger partial charge in [0.15, 0.2) is 0 Å². The molecule has 2 bridgehead atoms. The zero-order valence-electron chi connectivity index (χ0n) is 25.8. The van der Waals surface area contributed by atoms with E-state index in [-0.39, 0.29) is 5.41 Å². The van der Waals surface area contributed by atoms with Crippen molar-refractivity contribution in [3.63, 3.8) is 0 Å². The quantitative estimate of drug-likeness (QED) is 0.405. The molecule has 7 rings (SSSR count). The minimum absolute atomic E-state index is 0.135. The molecule has 1 saturated heterocycles. The van der Waals surface area contributed by atoms with E-state index in [4.69, 9.17) is 15.0 Å². The van der Waals surface area contributed by atoms with Gasteiger partial charge in [-0.25, -0.2) is 4.68 Å². The highest BCUT2D eigenvalue weighted by Gasteiger charge is 2.72. The topological polar surface area (TPSA) is 39.9 Å². The van der Waals surface area contributed by atoms with Crippen LogP contribution in [0.2, 0.25) is 0 Å². The second kappa shape index (κ2) is 7.89. The van der Waals surface area contributed by atoms with Crippen LogP contribution in [0, 0.1) is 50.7 Å². The van der Waals surface area contributed by atoms with Gasteiger partial charge in [-0.3, -0.25) is 0 Å². The fourth-order valence-electron chi connectivity index (χ4n) is 12.9. The molecule has 0 radical (unpaired) electrons. The molecule has 2 heterocycles. The first-order chi connectivity index (χ1) is 17.8. The number of fused-ring (bicyclic) bond motifs is 6. The van der Waals surface area contributed by atoms with Crippen LogP contribution in [0.5, 0.6) is 0 Å². The molecular weight excluding hydrogens is 466 g/mol. The first kappa shape index (κ1) is 26.0. The molecule has 4 heteroatoms. The van der Waals surface area contributed by atoms with Crippen molar-refractivity contribution in [3.8, 4) is 0 Å². The minimum Gasteiger partial charge on any atom is -0.377 e. The Hall–Kier alpha value is -0.900. The van der Waals surface area contributed by atoms with Gasteiger partial charge in [-0.05, 0) is 115 Å². The number of aryl methyl sites for hydroxylation is 1. The number of hydrogen-bond donors (Lipinski definition) is 0. The van der Waals surface area contributed by atoms with Crippen LogP contribution >= 0.6 is 0 Å². The molecule has 0 N–H and O–H groups in total. The first-order valence-electron chi connectivity index (χ1n) is 16.4. The van der Waals surface area contributed by atoms with E-state index < -0.39 is 0 Å². The van der Waals surface area contributed by atoms with Crippen LogP contribution in [0.25, 0.3) is 0 Å². The van der Waals surface area contributed by atoms with Gasteiger partial charge in [0.2, 0.25) is 0 Å². The first-order valence-corrected chi connectivity index (χ1v) is 16.4. The van der Waals surface area contributed by atoms with Crippen LogP contribution < -0.4 is 0 Å². The minimum atomic E-state index is 0.135. The highest BCUT2D eigenvalue weighted by molar-refractivity contribution is 5.32. The Morgan fingerprint density at radius 1 is 0.868 bits per heavy atom.